The number of hydrogen-bond acceptors (Lipinski definition) is 8. The number of fused-ring (bicyclic) bond motifs is 3. The van der Waals surface area contributed by atoms with Crippen molar-refractivity contribution in [3.63, 3.8) is 0 Å². The second kappa shape index (κ2) is 10.5. The smallest absolute Gasteiger partial charge is 0.433 e. The van der Waals surface area contributed by atoms with E-state index in [0.717, 1.165) is 34.6 Å². The van der Waals surface area contributed by atoms with Gasteiger partial charge in [-0.2, -0.15) is 13.2 Å². The lowest BCUT2D eigenvalue weighted by Gasteiger charge is -2.41. The fourth-order valence-corrected chi connectivity index (χ4v) is 7.40. The molecule has 0 spiro atoms. The van der Waals surface area contributed by atoms with E-state index in [1.165, 1.54) is 30.6 Å². The Morgan fingerprint density at radius 1 is 0.955 bits per heavy atom. The van der Waals surface area contributed by atoms with Crippen LogP contribution in [0.25, 0.3) is 22.3 Å². The largest absolute Gasteiger partial charge is 0.444 e. The van der Waals surface area contributed by atoms with E-state index in [-0.39, 0.29) is 40.0 Å². The fraction of sp³-hybridized carbons (Fsp3) is 0.400. The number of nitrogens with zero attached hydrogens (tertiary/aromatic N) is 6. The predicted octanol–water partition coefficient (Wildman–Crippen LogP) is 5.65. The SMILES string of the molecule is Cc1ccc(S(=O)(=O)n2c(-c3ccnc(C(F)(F)F)c3)cc3c(N4CC5CCC(C4)N5C(=O)OC(C)(C)C)ncnc32)cc1. The third kappa shape index (κ3) is 5.35. The normalized spacial score (nSPS) is 19.1. The van der Waals surface area contributed by atoms with Gasteiger partial charge >= 0.3 is 12.3 Å². The first-order valence-electron chi connectivity index (χ1n) is 14.1. The first kappa shape index (κ1) is 29.9. The van der Waals surface area contributed by atoms with Crippen molar-refractivity contribution in [3.8, 4) is 11.3 Å². The highest BCUT2D eigenvalue weighted by Crippen LogP contribution is 2.39. The van der Waals surface area contributed by atoms with Crippen molar-refractivity contribution in [3.05, 3.63) is 66.2 Å². The number of anilines is 1. The molecular formula is C30H31F3N6O4S. The zero-order chi connectivity index (χ0) is 31.6. The summed E-state index contributed by atoms with van der Waals surface area (Å²) < 4.78 is 75.8. The minimum absolute atomic E-state index is 0.00164. The maximum Gasteiger partial charge on any atom is 0.433 e. The van der Waals surface area contributed by atoms with Crippen LogP contribution in [0.4, 0.5) is 23.8 Å². The molecule has 2 aliphatic heterocycles. The monoisotopic (exact) mass is 628 g/mol. The molecule has 3 aromatic heterocycles. The number of aromatic nitrogens is 4. The molecule has 6 rings (SSSR count). The number of piperazine rings is 1. The van der Waals surface area contributed by atoms with Crippen LogP contribution in [-0.4, -0.2) is 69.1 Å². The number of hydrogen-bond donors (Lipinski definition) is 0. The van der Waals surface area contributed by atoms with Gasteiger partial charge in [0, 0.05) is 24.8 Å². The van der Waals surface area contributed by atoms with Gasteiger partial charge in [0.15, 0.2) is 5.65 Å². The highest BCUT2D eigenvalue weighted by Gasteiger charge is 2.45. The molecule has 0 saturated carbocycles. The lowest BCUT2D eigenvalue weighted by Crippen LogP contribution is -2.57. The molecule has 2 unspecified atom stereocenters. The van der Waals surface area contributed by atoms with Crippen molar-refractivity contribution in [1.82, 2.24) is 23.8 Å². The van der Waals surface area contributed by atoms with Crippen molar-refractivity contribution >= 4 is 33.0 Å². The van der Waals surface area contributed by atoms with Gasteiger partial charge in [-0.05, 0) is 70.9 Å². The highest BCUT2D eigenvalue weighted by atomic mass is 32.2. The molecule has 2 bridgehead atoms. The van der Waals surface area contributed by atoms with Crippen LogP contribution in [0.15, 0.2) is 59.9 Å². The van der Waals surface area contributed by atoms with E-state index in [1.807, 2.05) is 32.6 Å². The number of carbonyl (C=O) groups excluding carboxylic acids is 1. The van der Waals surface area contributed by atoms with Crippen LogP contribution in [0.1, 0.15) is 44.9 Å². The molecule has 2 saturated heterocycles. The van der Waals surface area contributed by atoms with Gasteiger partial charge in [0.1, 0.15) is 23.4 Å². The quantitative estimate of drug-likeness (QED) is 0.285. The average Bonchev–Trinajstić information content (AvgIpc) is 3.47. The molecule has 44 heavy (non-hydrogen) atoms. The van der Waals surface area contributed by atoms with E-state index in [0.29, 0.717) is 24.3 Å². The molecule has 0 radical (unpaired) electrons. The maximum atomic E-state index is 14.1. The van der Waals surface area contributed by atoms with Crippen LogP contribution in [-0.2, 0) is 20.9 Å². The van der Waals surface area contributed by atoms with E-state index < -0.39 is 27.5 Å². The molecule has 14 heteroatoms. The Morgan fingerprint density at radius 3 is 2.23 bits per heavy atom. The molecule has 0 aliphatic carbocycles. The van der Waals surface area contributed by atoms with Crippen LogP contribution in [0, 0.1) is 6.92 Å². The summed E-state index contributed by atoms with van der Waals surface area (Å²) in [6.07, 6.45) is -1.34. The molecule has 1 aromatic carbocycles. The lowest BCUT2D eigenvalue weighted by atomic mass is 10.1. The van der Waals surface area contributed by atoms with Gasteiger partial charge in [0.25, 0.3) is 10.0 Å². The van der Waals surface area contributed by atoms with E-state index in [2.05, 4.69) is 15.0 Å². The van der Waals surface area contributed by atoms with Gasteiger partial charge in [-0.25, -0.2) is 27.2 Å². The predicted molar refractivity (Wildman–Crippen MR) is 157 cm³/mol. The molecule has 232 valence electrons. The summed E-state index contributed by atoms with van der Waals surface area (Å²) in [5.74, 6) is 0.431. The van der Waals surface area contributed by atoms with E-state index in [4.69, 9.17) is 4.74 Å². The minimum Gasteiger partial charge on any atom is -0.444 e. The van der Waals surface area contributed by atoms with Gasteiger partial charge in [0.05, 0.1) is 28.1 Å². The first-order chi connectivity index (χ1) is 20.6. The van der Waals surface area contributed by atoms with Gasteiger partial charge in [0.2, 0.25) is 0 Å². The zero-order valence-corrected chi connectivity index (χ0v) is 25.4. The Hall–Kier alpha value is -4.20. The Morgan fingerprint density at radius 2 is 1.61 bits per heavy atom. The molecule has 10 nitrogen and oxygen atoms in total. The number of alkyl halides is 3. The number of benzene rings is 1. The maximum absolute atomic E-state index is 14.1. The summed E-state index contributed by atoms with van der Waals surface area (Å²) in [5, 5.41) is 0.355. The van der Waals surface area contributed by atoms with Crippen molar-refractivity contribution < 1.29 is 31.1 Å². The van der Waals surface area contributed by atoms with Gasteiger partial charge in [-0.1, -0.05) is 17.7 Å². The first-order valence-corrected chi connectivity index (χ1v) is 15.6. The standard InChI is InChI=1S/C30H31F3N6O4S/c1-18-5-9-22(10-6-18)44(41,42)39-24(19-11-12-34-25(13-19)30(31,32)33)14-23-26(35-17-36-27(23)39)37-15-20-7-8-21(16-37)38(20)28(40)43-29(2,3)4/h5-6,9-14,17,20-21H,7-8,15-16H2,1-4H3. The Labute approximate surface area is 252 Å². The second-order valence-electron chi connectivity index (χ2n) is 12.2. The van der Waals surface area contributed by atoms with Gasteiger partial charge in [-0.15, -0.1) is 0 Å². The third-order valence-corrected chi connectivity index (χ3v) is 9.54. The number of rotatable bonds is 4. The van der Waals surface area contributed by atoms with Gasteiger partial charge < -0.3 is 9.64 Å². The molecule has 2 aliphatic rings. The van der Waals surface area contributed by atoms with Crippen molar-refractivity contribution in [2.24, 2.45) is 0 Å². The fourth-order valence-electron chi connectivity index (χ4n) is 5.92. The number of pyridine rings is 1. The Balaban J connectivity index is 1.48. The summed E-state index contributed by atoms with van der Waals surface area (Å²) in [6, 6.07) is 9.54. The molecule has 1 amide bonds. The third-order valence-electron chi connectivity index (χ3n) is 7.83. The van der Waals surface area contributed by atoms with Crippen LogP contribution in [0.5, 0.6) is 0 Å². The molecule has 2 fully saturated rings. The van der Waals surface area contributed by atoms with Crippen molar-refractivity contribution in [2.75, 3.05) is 18.0 Å². The van der Waals surface area contributed by atoms with Crippen LogP contribution in [0.3, 0.4) is 0 Å². The molecule has 5 heterocycles. The average molecular weight is 629 g/mol. The zero-order valence-electron chi connectivity index (χ0n) is 24.5. The highest BCUT2D eigenvalue weighted by molar-refractivity contribution is 7.90. The number of halogens is 3. The van der Waals surface area contributed by atoms with E-state index in [9.17, 15) is 26.4 Å². The summed E-state index contributed by atoms with van der Waals surface area (Å²) in [6.45, 7) is 8.09. The summed E-state index contributed by atoms with van der Waals surface area (Å²) in [5.41, 5.74) is -0.936. The van der Waals surface area contributed by atoms with Crippen LogP contribution < -0.4 is 4.90 Å². The molecule has 2 atom stereocenters. The number of amides is 1. The minimum atomic E-state index is -4.74. The van der Waals surface area contributed by atoms with E-state index >= 15 is 0 Å². The Bertz CT molecular complexity index is 1840. The Kier molecular flexibility index (Phi) is 7.10. The summed E-state index contributed by atoms with van der Waals surface area (Å²) in [7, 11) is -4.32. The summed E-state index contributed by atoms with van der Waals surface area (Å²) in [4.78, 5) is 29.0. The molecule has 4 aromatic rings. The topological polar surface area (TPSA) is 111 Å². The number of ether oxygens (including phenoxy) is 1. The van der Waals surface area contributed by atoms with Crippen LogP contribution >= 0.6 is 0 Å². The van der Waals surface area contributed by atoms with Gasteiger partial charge in [-0.3, -0.25) is 9.88 Å². The van der Waals surface area contributed by atoms with Crippen LogP contribution in [0.2, 0.25) is 0 Å². The second-order valence-corrected chi connectivity index (χ2v) is 13.9. The van der Waals surface area contributed by atoms with Crippen molar-refractivity contribution in [1.29, 1.82) is 0 Å². The van der Waals surface area contributed by atoms with Crippen molar-refractivity contribution in [2.45, 2.75) is 69.3 Å². The lowest BCUT2D eigenvalue weighted by molar-refractivity contribution is -0.141. The molecular weight excluding hydrogens is 597 g/mol. The molecule has 0 N–H and O–H groups in total. The number of carbonyl (C=O) groups is 1. The van der Waals surface area contributed by atoms with E-state index in [1.54, 1.807) is 17.0 Å². The summed E-state index contributed by atoms with van der Waals surface area (Å²) >= 11 is 0. The number of aryl methyl sites for hydroxylation is 1.